The number of amides is 1. The molecule has 23 heavy (non-hydrogen) atoms. The highest BCUT2D eigenvalue weighted by atomic mass is 35.5. The van der Waals surface area contributed by atoms with Crippen molar-refractivity contribution in [3.05, 3.63) is 33.9 Å². The molecule has 0 spiro atoms. The molecule has 1 aromatic rings. The Morgan fingerprint density at radius 1 is 1.39 bits per heavy atom. The number of carbonyl (C=O) groups excluding carboxylic acids is 1. The quantitative estimate of drug-likeness (QED) is 0.632. The zero-order valence-electron chi connectivity index (χ0n) is 12.9. The fourth-order valence-corrected chi connectivity index (χ4v) is 2.72. The summed E-state index contributed by atoms with van der Waals surface area (Å²) in [7, 11) is 1.75. The van der Waals surface area contributed by atoms with Crippen LogP contribution in [0.25, 0.3) is 0 Å². The van der Waals surface area contributed by atoms with Crippen LogP contribution in [0, 0.1) is 10.1 Å². The first kappa shape index (κ1) is 17.5. The highest BCUT2D eigenvalue weighted by Gasteiger charge is 2.28. The van der Waals surface area contributed by atoms with Crippen molar-refractivity contribution >= 4 is 29.7 Å². The summed E-state index contributed by atoms with van der Waals surface area (Å²) < 4.78 is 0. The van der Waals surface area contributed by atoms with Crippen molar-refractivity contribution in [2.75, 3.05) is 25.5 Å². The lowest BCUT2D eigenvalue weighted by atomic mass is 10.1. The van der Waals surface area contributed by atoms with Gasteiger partial charge >= 0.3 is 0 Å². The molecule has 1 heterocycles. The van der Waals surface area contributed by atoms with Crippen LogP contribution in [0.2, 0.25) is 0 Å². The van der Waals surface area contributed by atoms with E-state index in [1.165, 1.54) is 6.07 Å². The van der Waals surface area contributed by atoms with E-state index in [4.69, 9.17) is 0 Å². The van der Waals surface area contributed by atoms with E-state index < -0.39 is 4.92 Å². The molecule has 0 radical (unpaired) electrons. The summed E-state index contributed by atoms with van der Waals surface area (Å²) in [6.07, 6.45) is 2.98. The number of anilines is 1. The number of benzene rings is 1. The first-order valence-electron chi connectivity index (χ1n) is 7.59. The number of rotatable bonds is 5. The van der Waals surface area contributed by atoms with Gasteiger partial charge in [0, 0.05) is 37.3 Å². The Morgan fingerprint density at radius 3 is 2.70 bits per heavy atom. The first-order chi connectivity index (χ1) is 10.6. The van der Waals surface area contributed by atoms with Crippen molar-refractivity contribution in [3.8, 4) is 0 Å². The predicted molar refractivity (Wildman–Crippen MR) is 90.4 cm³/mol. The first-order valence-corrected chi connectivity index (χ1v) is 7.59. The van der Waals surface area contributed by atoms with E-state index in [0.717, 1.165) is 32.4 Å². The molecule has 1 saturated heterocycles. The van der Waals surface area contributed by atoms with Crippen LogP contribution in [0.5, 0.6) is 0 Å². The molecule has 2 aliphatic rings. The number of likely N-dealkylation sites (N-methyl/N-ethyl adjacent to an activating group) is 1. The van der Waals surface area contributed by atoms with Crippen LogP contribution in [0.3, 0.4) is 0 Å². The Bertz CT molecular complexity index is 600. The number of carbonyl (C=O) groups is 1. The van der Waals surface area contributed by atoms with Crippen LogP contribution in [-0.2, 0) is 0 Å². The summed E-state index contributed by atoms with van der Waals surface area (Å²) in [5.41, 5.74) is 0.826. The smallest absolute Gasteiger partial charge is 0.293 e. The van der Waals surface area contributed by atoms with Crippen LogP contribution in [0.4, 0.5) is 11.4 Å². The van der Waals surface area contributed by atoms with Gasteiger partial charge in [0.2, 0.25) is 0 Å². The van der Waals surface area contributed by atoms with Gasteiger partial charge in [0.1, 0.15) is 5.69 Å². The zero-order valence-corrected chi connectivity index (χ0v) is 13.8. The van der Waals surface area contributed by atoms with E-state index in [1.54, 1.807) is 24.1 Å². The van der Waals surface area contributed by atoms with Crippen molar-refractivity contribution in [1.29, 1.82) is 0 Å². The standard InChI is InChI=1S/C15H20N4O3.ClH/c1-18(12-6-7-16-9-12)15(20)10-2-5-13(17-11-3-4-11)14(8-10)19(21)22;/h2,5,8,11-12,16-17H,3-4,6-7,9H2,1H3;1H. The number of hydrogen-bond acceptors (Lipinski definition) is 5. The van der Waals surface area contributed by atoms with E-state index in [2.05, 4.69) is 10.6 Å². The van der Waals surface area contributed by atoms with Gasteiger partial charge in [0.15, 0.2) is 0 Å². The molecule has 1 amide bonds. The molecular formula is C15H21ClN4O3. The summed E-state index contributed by atoms with van der Waals surface area (Å²) in [5, 5.41) is 17.6. The van der Waals surface area contributed by atoms with Gasteiger partial charge in [-0.05, 0) is 37.9 Å². The number of halogens is 1. The molecule has 2 N–H and O–H groups in total. The van der Waals surface area contributed by atoms with Gasteiger partial charge in [0.25, 0.3) is 11.6 Å². The molecule has 126 valence electrons. The van der Waals surface area contributed by atoms with E-state index >= 15 is 0 Å². The van der Waals surface area contributed by atoms with Gasteiger partial charge in [-0.1, -0.05) is 0 Å². The fourth-order valence-electron chi connectivity index (χ4n) is 2.72. The maximum absolute atomic E-state index is 12.5. The Morgan fingerprint density at radius 2 is 2.13 bits per heavy atom. The lowest BCUT2D eigenvalue weighted by molar-refractivity contribution is -0.384. The van der Waals surface area contributed by atoms with Gasteiger partial charge < -0.3 is 15.5 Å². The van der Waals surface area contributed by atoms with Crippen LogP contribution >= 0.6 is 12.4 Å². The SMILES string of the molecule is CN(C(=O)c1ccc(NC2CC2)c([N+](=O)[O-])c1)C1CCNC1.Cl. The molecule has 1 aliphatic heterocycles. The summed E-state index contributed by atoms with van der Waals surface area (Å²) >= 11 is 0. The predicted octanol–water partition coefficient (Wildman–Crippen LogP) is 2.02. The summed E-state index contributed by atoms with van der Waals surface area (Å²) in [5.74, 6) is -0.172. The molecule has 1 unspecified atom stereocenters. The molecule has 7 nitrogen and oxygen atoms in total. The molecule has 1 aliphatic carbocycles. The zero-order chi connectivity index (χ0) is 15.7. The minimum absolute atomic E-state index is 0. The van der Waals surface area contributed by atoms with Crippen LogP contribution in [0.15, 0.2) is 18.2 Å². The average molecular weight is 341 g/mol. The second-order valence-corrected chi connectivity index (χ2v) is 5.97. The summed E-state index contributed by atoms with van der Waals surface area (Å²) in [6, 6.07) is 5.17. The van der Waals surface area contributed by atoms with Crippen LogP contribution in [-0.4, -0.2) is 48.0 Å². The topological polar surface area (TPSA) is 87.5 Å². The number of nitrogens with zero attached hydrogens (tertiary/aromatic N) is 2. The lowest BCUT2D eigenvalue weighted by Crippen LogP contribution is -2.38. The van der Waals surface area contributed by atoms with Gasteiger partial charge in [0.05, 0.1) is 4.92 Å². The van der Waals surface area contributed by atoms with Crippen molar-refractivity contribution in [2.24, 2.45) is 0 Å². The Balaban J connectivity index is 0.00000192. The third-order valence-electron chi connectivity index (χ3n) is 4.28. The number of nitro benzene ring substituents is 1. The number of nitro groups is 1. The normalized spacial score (nSPS) is 19.8. The summed E-state index contributed by atoms with van der Waals surface area (Å²) in [4.78, 5) is 25.0. The van der Waals surface area contributed by atoms with E-state index in [1.807, 2.05) is 0 Å². The number of hydrogen-bond donors (Lipinski definition) is 2. The molecule has 0 aromatic heterocycles. The molecule has 0 bridgehead atoms. The van der Waals surface area contributed by atoms with E-state index in [-0.39, 0.29) is 30.0 Å². The van der Waals surface area contributed by atoms with Gasteiger partial charge in [-0.15, -0.1) is 12.4 Å². The molecule has 2 fully saturated rings. The summed E-state index contributed by atoms with van der Waals surface area (Å²) in [6.45, 7) is 1.67. The van der Waals surface area contributed by atoms with Gasteiger partial charge in [-0.2, -0.15) is 0 Å². The van der Waals surface area contributed by atoms with Crippen molar-refractivity contribution in [3.63, 3.8) is 0 Å². The molecule has 8 heteroatoms. The van der Waals surface area contributed by atoms with E-state index in [9.17, 15) is 14.9 Å². The van der Waals surface area contributed by atoms with Crippen LogP contribution in [0.1, 0.15) is 29.6 Å². The molecule has 1 aromatic carbocycles. The van der Waals surface area contributed by atoms with Gasteiger partial charge in [-0.3, -0.25) is 14.9 Å². The van der Waals surface area contributed by atoms with Crippen LogP contribution < -0.4 is 10.6 Å². The van der Waals surface area contributed by atoms with Crippen molar-refractivity contribution in [2.45, 2.75) is 31.3 Å². The third kappa shape index (κ3) is 3.92. The maximum Gasteiger partial charge on any atom is 0.293 e. The fraction of sp³-hybridized carbons (Fsp3) is 0.533. The molecule has 1 atom stereocenters. The maximum atomic E-state index is 12.5. The Kier molecular flexibility index (Phi) is 5.43. The molecular weight excluding hydrogens is 320 g/mol. The largest absolute Gasteiger partial charge is 0.377 e. The highest BCUT2D eigenvalue weighted by Crippen LogP contribution is 2.31. The van der Waals surface area contributed by atoms with Crippen molar-refractivity contribution in [1.82, 2.24) is 10.2 Å². The highest BCUT2D eigenvalue weighted by molar-refractivity contribution is 5.95. The lowest BCUT2D eigenvalue weighted by Gasteiger charge is -2.23. The average Bonchev–Trinajstić information content (AvgIpc) is 3.16. The Labute approximate surface area is 141 Å². The van der Waals surface area contributed by atoms with Gasteiger partial charge in [-0.25, -0.2) is 0 Å². The number of nitrogens with one attached hydrogen (secondary N) is 2. The van der Waals surface area contributed by atoms with Crippen molar-refractivity contribution < 1.29 is 9.72 Å². The Hall–Kier alpha value is -1.86. The second-order valence-electron chi connectivity index (χ2n) is 5.97. The minimum Gasteiger partial charge on any atom is -0.377 e. The monoisotopic (exact) mass is 340 g/mol. The molecule has 3 rings (SSSR count). The van der Waals surface area contributed by atoms with E-state index in [0.29, 0.717) is 17.3 Å². The molecule has 1 saturated carbocycles. The minimum atomic E-state index is -0.432. The third-order valence-corrected chi connectivity index (χ3v) is 4.28. The second kappa shape index (κ2) is 7.14.